The molecule has 2 rings (SSSR count). The zero-order chi connectivity index (χ0) is 13.3. The zero-order valence-corrected chi connectivity index (χ0v) is 10.2. The van der Waals surface area contributed by atoms with E-state index in [-0.39, 0.29) is 5.69 Å². The first-order valence-electron chi connectivity index (χ1n) is 5.15. The van der Waals surface area contributed by atoms with Crippen molar-refractivity contribution in [2.75, 3.05) is 21.3 Å². The van der Waals surface area contributed by atoms with Crippen molar-refractivity contribution >= 4 is 16.9 Å². The molecule has 2 aromatic rings. The summed E-state index contributed by atoms with van der Waals surface area (Å²) in [5, 5.41) is 11.5. The third-order valence-electron chi connectivity index (χ3n) is 2.64. The minimum absolute atomic E-state index is 0.0291. The highest BCUT2D eigenvalue weighted by Crippen LogP contribution is 2.43. The van der Waals surface area contributed by atoms with E-state index in [2.05, 4.69) is 4.98 Å². The lowest BCUT2D eigenvalue weighted by molar-refractivity contribution is -0.255. The highest BCUT2D eigenvalue weighted by atomic mass is 16.5. The van der Waals surface area contributed by atoms with E-state index >= 15 is 0 Å². The number of carboxylic acid groups (broad SMARTS) is 1. The molecule has 0 unspecified atom stereocenters. The van der Waals surface area contributed by atoms with Crippen LogP contribution < -0.4 is 19.3 Å². The quantitative estimate of drug-likeness (QED) is 0.857. The Morgan fingerprint density at radius 2 is 1.78 bits per heavy atom. The lowest BCUT2D eigenvalue weighted by Gasteiger charge is -2.12. The Morgan fingerprint density at radius 1 is 1.11 bits per heavy atom. The third kappa shape index (κ3) is 1.71. The molecule has 1 N–H and O–H groups in total. The molecule has 6 heteroatoms. The number of fused-ring (bicyclic) bond motifs is 1. The summed E-state index contributed by atoms with van der Waals surface area (Å²) < 4.78 is 15.6. The number of carboxylic acids is 1. The highest BCUT2D eigenvalue weighted by molar-refractivity contribution is 5.97. The van der Waals surface area contributed by atoms with Crippen LogP contribution in [0.2, 0.25) is 0 Å². The number of carbonyl (C=O) groups is 1. The van der Waals surface area contributed by atoms with Gasteiger partial charge in [0.15, 0.2) is 11.5 Å². The molecule has 0 saturated heterocycles. The van der Waals surface area contributed by atoms with Gasteiger partial charge in [-0.1, -0.05) is 0 Å². The molecule has 0 aliphatic carbocycles. The van der Waals surface area contributed by atoms with E-state index in [0.29, 0.717) is 28.2 Å². The number of aromatic carboxylic acids is 1. The van der Waals surface area contributed by atoms with Crippen LogP contribution in [0.4, 0.5) is 0 Å². The summed E-state index contributed by atoms with van der Waals surface area (Å²) in [5.74, 6) is -0.0319. The number of carbonyl (C=O) groups excluding carboxylic acids is 1. The van der Waals surface area contributed by atoms with E-state index in [1.165, 1.54) is 27.4 Å². The van der Waals surface area contributed by atoms with E-state index in [1.54, 1.807) is 6.07 Å². The van der Waals surface area contributed by atoms with Crippen molar-refractivity contribution in [2.45, 2.75) is 0 Å². The molecule has 96 valence electrons. The largest absolute Gasteiger partial charge is 0.543 e. The fourth-order valence-electron chi connectivity index (χ4n) is 1.85. The average Bonchev–Trinajstić information content (AvgIpc) is 2.79. The smallest absolute Gasteiger partial charge is 0.205 e. The van der Waals surface area contributed by atoms with E-state index < -0.39 is 5.97 Å². The molecule has 18 heavy (non-hydrogen) atoms. The number of aromatic amines is 1. The molecule has 0 aliphatic heterocycles. The maximum Gasteiger partial charge on any atom is 0.205 e. The first-order chi connectivity index (χ1) is 8.62. The Hall–Kier alpha value is -2.37. The molecule has 0 fully saturated rings. The van der Waals surface area contributed by atoms with Crippen molar-refractivity contribution < 1.29 is 24.1 Å². The Balaban J connectivity index is 2.79. The molecule has 6 nitrogen and oxygen atoms in total. The van der Waals surface area contributed by atoms with Crippen molar-refractivity contribution in [3.8, 4) is 17.2 Å². The van der Waals surface area contributed by atoms with Gasteiger partial charge >= 0.3 is 0 Å². The van der Waals surface area contributed by atoms with Gasteiger partial charge in [-0.3, -0.25) is 0 Å². The highest BCUT2D eigenvalue weighted by Gasteiger charge is 2.17. The number of H-pyrrole nitrogens is 1. The van der Waals surface area contributed by atoms with Crippen molar-refractivity contribution in [3.05, 3.63) is 17.8 Å². The van der Waals surface area contributed by atoms with Crippen LogP contribution in [0.5, 0.6) is 17.2 Å². The first-order valence-corrected chi connectivity index (χ1v) is 5.15. The second-order valence-electron chi connectivity index (χ2n) is 3.58. The fraction of sp³-hybridized carbons (Fsp3) is 0.250. The topological polar surface area (TPSA) is 83.6 Å². The Morgan fingerprint density at radius 3 is 2.28 bits per heavy atom. The van der Waals surface area contributed by atoms with Gasteiger partial charge in [0, 0.05) is 5.39 Å². The zero-order valence-electron chi connectivity index (χ0n) is 10.2. The molecule has 0 radical (unpaired) electrons. The minimum Gasteiger partial charge on any atom is -0.543 e. The van der Waals surface area contributed by atoms with Crippen LogP contribution in [-0.4, -0.2) is 32.3 Å². The summed E-state index contributed by atoms with van der Waals surface area (Å²) in [5.41, 5.74) is 0.493. The minimum atomic E-state index is -1.29. The summed E-state index contributed by atoms with van der Waals surface area (Å²) in [6.07, 6.45) is 0. The maximum atomic E-state index is 10.8. The Bertz CT molecular complexity index is 602. The van der Waals surface area contributed by atoms with Gasteiger partial charge in [0.1, 0.15) is 0 Å². The van der Waals surface area contributed by atoms with Gasteiger partial charge in [-0.25, -0.2) is 0 Å². The molecule has 0 bridgehead atoms. The fourth-order valence-corrected chi connectivity index (χ4v) is 1.85. The molecular formula is C12H12NO5-. The van der Waals surface area contributed by atoms with Gasteiger partial charge in [0.05, 0.1) is 38.5 Å². The first kappa shape index (κ1) is 12.1. The van der Waals surface area contributed by atoms with Crippen LogP contribution in [-0.2, 0) is 0 Å². The average molecular weight is 250 g/mol. The normalized spacial score (nSPS) is 10.4. The second-order valence-corrected chi connectivity index (χ2v) is 3.58. The second kappa shape index (κ2) is 4.48. The van der Waals surface area contributed by atoms with E-state index in [1.807, 2.05) is 0 Å². The van der Waals surface area contributed by atoms with E-state index in [0.717, 1.165) is 0 Å². The number of aromatic nitrogens is 1. The molecule has 0 aliphatic rings. The van der Waals surface area contributed by atoms with Gasteiger partial charge in [-0.15, -0.1) is 0 Å². The van der Waals surface area contributed by atoms with Crippen LogP contribution in [0.25, 0.3) is 10.9 Å². The van der Waals surface area contributed by atoms with Crippen molar-refractivity contribution in [2.24, 2.45) is 0 Å². The Labute approximate surface area is 103 Å². The predicted octanol–water partition coefficient (Wildman–Crippen LogP) is 0.557. The van der Waals surface area contributed by atoms with Crippen LogP contribution in [0.15, 0.2) is 12.1 Å². The number of hydrogen-bond acceptors (Lipinski definition) is 5. The monoisotopic (exact) mass is 250 g/mol. The molecule has 0 amide bonds. The van der Waals surface area contributed by atoms with Gasteiger partial charge < -0.3 is 29.1 Å². The number of methoxy groups -OCH3 is 3. The lowest BCUT2D eigenvalue weighted by Crippen LogP contribution is -2.22. The standard InChI is InChI=1S/C12H13NO5/c1-16-8-5-6-4-7(12(14)15)13-9(6)11(18-3)10(8)17-2/h4-5,13H,1-3H3,(H,14,15)/p-1. The van der Waals surface area contributed by atoms with Crippen LogP contribution in [0, 0.1) is 0 Å². The summed E-state index contributed by atoms with van der Waals surface area (Å²) in [6.45, 7) is 0. The SMILES string of the molecule is COc1cc2cc(C(=O)[O-])[nH]c2c(OC)c1OC. The van der Waals surface area contributed by atoms with Crippen molar-refractivity contribution in [3.63, 3.8) is 0 Å². The molecule has 0 atom stereocenters. The van der Waals surface area contributed by atoms with Gasteiger partial charge in [-0.2, -0.15) is 0 Å². The molecule has 0 saturated carbocycles. The summed E-state index contributed by atoms with van der Waals surface area (Å²) in [6, 6.07) is 3.12. The molecule has 1 heterocycles. The number of nitrogens with one attached hydrogen (secondary N) is 1. The summed E-state index contributed by atoms with van der Waals surface area (Å²) in [4.78, 5) is 13.6. The molecular weight excluding hydrogens is 238 g/mol. The van der Waals surface area contributed by atoms with Gasteiger partial charge in [-0.05, 0) is 12.1 Å². The lowest BCUT2D eigenvalue weighted by atomic mass is 10.2. The van der Waals surface area contributed by atoms with E-state index in [4.69, 9.17) is 14.2 Å². The molecule has 1 aromatic heterocycles. The van der Waals surface area contributed by atoms with Crippen molar-refractivity contribution in [1.29, 1.82) is 0 Å². The van der Waals surface area contributed by atoms with Gasteiger partial charge in [0.2, 0.25) is 5.75 Å². The number of rotatable bonds is 4. The van der Waals surface area contributed by atoms with Crippen LogP contribution >= 0.6 is 0 Å². The maximum absolute atomic E-state index is 10.8. The number of benzene rings is 1. The number of hydrogen-bond donors (Lipinski definition) is 1. The number of ether oxygens (including phenoxy) is 3. The summed E-state index contributed by atoms with van der Waals surface area (Å²) in [7, 11) is 4.44. The van der Waals surface area contributed by atoms with Crippen LogP contribution in [0.3, 0.4) is 0 Å². The predicted molar refractivity (Wildman–Crippen MR) is 62.3 cm³/mol. The van der Waals surface area contributed by atoms with Crippen LogP contribution in [0.1, 0.15) is 10.5 Å². The molecule has 0 spiro atoms. The van der Waals surface area contributed by atoms with Gasteiger partial charge in [0.25, 0.3) is 0 Å². The van der Waals surface area contributed by atoms with E-state index in [9.17, 15) is 9.90 Å². The molecule has 1 aromatic carbocycles. The summed E-state index contributed by atoms with van der Waals surface area (Å²) >= 11 is 0. The third-order valence-corrected chi connectivity index (χ3v) is 2.64. The van der Waals surface area contributed by atoms with Crippen molar-refractivity contribution in [1.82, 2.24) is 4.98 Å². The Kier molecular flexibility index (Phi) is 3.01.